The predicted molar refractivity (Wildman–Crippen MR) is 114 cm³/mol. The maximum Gasteiger partial charge on any atom is 0.300 e. The first-order valence-electron chi connectivity index (χ1n) is 10.2. The monoisotopic (exact) mass is 461 g/mol. The predicted octanol–water partition coefficient (Wildman–Crippen LogP) is 2.84. The number of alkyl halides is 1. The summed E-state index contributed by atoms with van der Waals surface area (Å²) >= 11 is 0. The molecule has 7 nitrogen and oxygen atoms in total. The smallest absolute Gasteiger partial charge is 0.300 e. The van der Waals surface area contributed by atoms with Crippen molar-refractivity contribution in [3.8, 4) is 0 Å². The lowest BCUT2D eigenvalue weighted by Gasteiger charge is -2.36. The van der Waals surface area contributed by atoms with Gasteiger partial charge in [-0.25, -0.2) is 21.9 Å². The van der Waals surface area contributed by atoms with E-state index in [9.17, 15) is 22.0 Å². The molecule has 1 fully saturated rings. The lowest BCUT2D eigenvalue weighted by molar-refractivity contribution is 0.0956. The highest BCUT2D eigenvalue weighted by Gasteiger charge is 2.29. The number of anilines is 1. The van der Waals surface area contributed by atoms with Crippen LogP contribution in [0.1, 0.15) is 21.7 Å². The molecule has 32 heavy (non-hydrogen) atoms. The number of benzene rings is 2. The maximum absolute atomic E-state index is 14.5. The van der Waals surface area contributed by atoms with Gasteiger partial charge in [0, 0.05) is 30.9 Å². The SMILES string of the molecule is CN1CCc2c(cccc2S(=O)(=O)NC(=O)c2cc3c(F)cc(N4CC(F)C4)cc3o2)C1. The highest BCUT2D eigenvalue weighted by Crippen LogP contribution is 2.31. The molecule has 0 spiro atoms. The van der Waals surface area contributed by atoms with Crippen LogP contribution in [0, 0.1) is 5.82 Å². The first-order chi connectivity index (χ1) is 15.2. The summed E-state index contributed by atoms with van der Waals surface area (Å²) in [6, 6.07) is 8.91. The van der Waals surface area contributed by atoms with Crippen LogP contribution in [0.15, 0.2) is 45.7 Å². The minimum absolute atomic E-state index is 0.0498. The van der Waals surface area contributed by atoms with Gasteiger partial charge in [0.1, 0.15) is 17.6 Å². The molecule has 0 unspecified atom stereocenters. The van der Waals surface area contributed by atoms with Gasteiger partial charge in [0.25, 0.3) is 10.0 Å². The number of rotatable bonds is 4. The third-order valence-corrected chi connectivity index (χ3v) is 7.34. The number of sulfonamides is 1. The second-order valence-corrected chi connectivity index (χ2v) is 9.92. The number of amides is 1. The summed E-state index contributed by atoms with van der Waals surface area (Å²) in [6.45, 7) is 1.65. The molecule has 168 valence electrons. The van der Waals surface area contributed by atoms with E-state index in [0.29, 0.717) is 30.8 Å². The summed E-state index contributed by atoms with van der Waals surface area (Å²) in [4.78, 5) is 16.5. The fourth-order valence-electron chi connectivity index (χ4n) is 4.21. The number of carbonyl (C=O) groups excluding carboxylic acids is 1. The van der Waals surface area contributed by atoms with Crippen molar-refractivity contribution in [1.29, 1.82) is 0 Å². The Morgan fingerprint density at radius 2 is 2.00 bits per heavy atom. The minimum atomic E-state index is -4.16. The van der Waals surface area contributed by atoms with Crippen molar-refractivity contribution in [3.05, 3.63) is 59.1 Å². The largest absolute Gasteiger partial charge is 0.451 e. The van der Waals surface area contributed by atoms with Gasteiger partial charge in [0.2, 0.25) is 0 Å². The number of fused-ring (bicyclic) bond motifs is 2. The Kier molecular flexibility index (Phi) is 4.94. The van der Waals surface area contributed by atoms with Crippen molar-refractivity contribution >= 4 is 32.6 Å². The number of nitrogens with one attached hydrogen (secondary N) is 1. The lowest BCUT2D eigenvalue weighted by Crippen LogP contribution is -2.48. The van der Waals surface area contributed by atoms with Crippen LogP contribution in [0.2, 0.25) is 0 Å². The first-order valence-corrected chi connectivity index (χ1v) is 11.7. The first kappa shape index (κ1) is 20.9. The molecule has 3 heterocycles. The van der Waals surface area contributed by atoms with Gasteiger partial charge in [0.15, 0.2) is 5.76 Å². The molecule has 0 saturated carbocycles. The van der Waals surface area contributed by atoms with E-state index in [1.807, 2.05) is 17.8 Å². The topological polar surface area (TPSA) is 82.9 Å². The van der Waals surface area contributed by atoms with Gasteiger partial charge in [-0.1, -0.05) is 12.1 Å². The molecule has 1 amide bonds. The molecule has 2 aromatic carbocycles. The van der Waals surface area contributed by atoms with Crippen molar-refractivity contribution in [3.63, 3.8) is 0 Å². The van der Waals surface area contributed by atoms with E-state index in [2.05, 4.69) is 4.90 Å². The number of hydrogen-bond acceptors (Lipinski definition) is 6. The summed E-state index contributed by atoms with van der Waals surface area (Å²) in [5.74, 6) is -1.94. The van der Waals surface area contributed by atoms with Crippen LogP contribution in [-0.2, 0) is 23.0 Å². The van der Waals surface area contributed by atoms with Gasteiger partial charge < -0.3 is 14.2 Å². The molecule has 1 aromatic heterocycles. The second-order valence-electron chi connectivity index (χ2n) is 8.27. The Morgan fingerprint density at radius 1 is 1.22 bits per heavy atom. The van der Waals surface area contributed by atoms with Crippen LogP contribution < -0.4 is 9.62 Å². The third-order valence-electron chi connectivity index (χ3n) is 5.93. The lowest BCUT2D eigenvalue weighted by atomic mass is 10.0. The summed E-state index contributed by atoms with van der Waals surface area (Å²) in [6.07, 6.45) is -0.410. The summed E-state index contributed by atoms with van der Waals surface area (Å²) in [5.41, 5.74) is 2.12. The number of nitrogens with zero attached hydrogens (tertiary/aromatic N) is 2. The molecule has 0 bridgehead atoms. The van der Waals surface area contributed by atoms with Crippen LogP contribution in [0.4, 0.5) is 14.5 Å². The van der Waals surface area contributed by atoms with E-state index in [1.165, 1.54) is 24.3 Å². The fraction of sp³-hybridized carbons (Fsp3) is 0.318. The quantitative estimate of drug-likeness (QED) is 0.644. The highest BCUT2D eigenvalue weighted by atomic mass is 32.2. The molecule has 3 aromatic rings. The minimum Gasteiger partial charge on any atom is -0.451 e. The number of halogens is 2. The van der Waals surface area contributed by atoms with E-state index >= 15 is 0 Å². The van der Waals surface area contributed by atoms with Crippen molar-refractivity contribution < 1.29 is 26.4 Å². The standard InChI is InChI=1S/C22H21F2N3O4S/c1-26-6-5-16-13(10-26)3-2-4-21(16)32(29,30)25-22(28)20-9-17-18(24)7-15(8-19(17)31-20)27-11-14(23)12-27/h2-4,7-9,14H,5-6,10-12H2,1H3,(H,25,28). The van der Waals surface area contributed by atoms with Gasteiger partial charge >= 0.3 is 5.91 Å². The van der Waals surface area contributed by atoms with Gasteiger partial charge in [0.05, 0.1) is 23.4 Å². The van der Waals surface area contributed by atoms with Crippen molar-refractivity contribution in [2.45, 2.75) is 24.0 Å². The average Bonchev–Trinajstić information content (AvgIpc) is 3.15. The number of likely N-dealkylation sites (N-methyl/N-ethyl adjacent to an activating group) is 1. The number of hydrogen-bond donors (Lipinski definition) is 1. The van der Waals surface area contributed by atoms with Gasteiger partial charge in [-0.2, -0.15) is 0 Å². The van der Waals surface area contributed by atoms with Crippen molar-refractivity contribution in [1.82, 2.24) is 9.62 Å². The van der Waals surface area contributed by atoms with Gasteiger partial charge in [-0.3, -0.25) is 4.79 Å². The van der Waals surface area contributed by atoms with Crippen LogP contribution in [0.25, 0.3) is 11.0 Å². The Labute approximate surface area is 183 Å². The maximum atomic E-state index is 14.5. The van der Waals surface area contributed by atoms with Gasteiger partial charge in [-0.15, -0.1) is 0 Å². The Hall–Kier alpha value is -2.98. The van der Waals surface area contributed by atoms with Crippen LogP contribution >= 0.6 is 0 Å². The molecular formula is C22H21F2N3O4S. The van der Waals surface area contributed by atoms with E-state index < -0.39 is 27.9 Å². The summed E-state index contributed by atoms with van der Waals surface area (Å²) in [7, 11) is -2.20. The zero-order valence-electron chi connectivity index (χ0n) is 17.3. The molecule has 10 heteroatoms. The van der Waals surface area contributed by atoms with Crippen molar-refractivity contribution in [2.75, 3.05) is 31.6 Å². The Morgan fingerprint density at radius 3 is 2.75 bits per heavy atom. The molecule has 0 aliphatic carbocycles. The van der Waals surface area contributed by atoms with Crippen LogP contribution in [0.5, 0.6) is 0 Å². The van der Waals surface area contributed by atoms with E-state index in [0.717, 1.165) is 5.56 Å². The number of furan rings is 1. The van der Waals surface area contributed by atoms with Crippen molar-refractivity contribution in [2.24, 2.45) is 0 Å². The molecule has 0 atom stereocenters. The van der Waals surface area contributed by atoms with E-state index in [4.69, 9.17) is 4.42 Å². The van der Waals surface area contributed by atoms with E-state index in [1.54, 1.807) is 11.0 Å². The molecule has 2 aliphatic heterocycles. The molecular weight excluding hydrogens is 440 g/mol. The van der Waals surface area contributed by atoms with Gasteiger partial charge in [-0.05, 0) is 36.7 Å². The zero-order valence-corrected chi connectivity index (χ0v) is 18.1. The van der Waals surface area contributed by atoms with Crippen LogP contribution in [-0.4, -0.2) is 52.1 Å². The molecule has 1 N–H and O–H groups in total. The molecule has 2 aliphatic rings. The zero-order chi connectivity index (χ0) is 22.6. The summed E-state index contributed by atoms with van der Waals surface area (Å²) in [5, 5.41) is 0.0498. The van der Waals surface area contributed by atoms with Crippen LogP contribution in [0.3, 0.4) is 0 Å². The third kappa shape index (κ3) is 3.63. The fourth-order valence-corrected chi connectivity index (χ4v) is 5.48. The number of carbonyl (C=O) groups is 1. The second kappa shape index (κ2) is 7.56. The summed E-state index contributed by atoms with van der Waals surface area (Å²) < 4.78 is 61.1. The molecule has 0 radical (unpaired) electrons. The molecule has 5 rings (SSSR count). The normalized spacial score (nSPS) is 17.3. The average molecular weight is 461 g/mol. The Balaban J connectivity index is 1.42. The highest BCUT2D eigenvalue weighted by molar-refractivity contribution is 7.90. The molecule has 1 saturated heterocycles. The Bertz CT molecular complexity index is 1330. The van der Waals surface area contributed by atoms with E-state index in [-0.39, 0.29) is 34.7 Å².